The van der Waals surface area contributed by atoms with Crippen LogP contribution < -0.4 is 5.32 Å². The first-order valence-corrected chi connectivity index (χ1v) is 8.38. The normalized spacial score (nSPS) is 20.7. The van der Waals surface area contributed by atoms with Gasteiger partial charge in [0.25, 0.3) is 5.91 Å². The van der Waals surface area contributed by atoms with Crippen molar-refractivity contribution in [3.8, 4) is 0 Å². The van der Waals surface area contributed by atoms with Gasteiger partial charge in [-0.2, -0.15) is 0 Å². The quantitative estimate of drug-likeness (QED) is 0.848. The third kappa shape index (κ3) is 3.84. The minimum Gasteiger partial charge on any atom is -0.396 e. The molecule has 2 rings (SSSR count). The van der Waals surface area contributed by atoms with Gasteiger partial charge in [0, 0.05) is 24.0 Å². The zero-order valence-electron chi connectivity index (χ0n) is 13.1. The molecule has 0 bridgehead atoms. The van der Waals surface area contributed by atoms with Crippen molar-refractivity contribution in [2.24, 2.45) is 5.92 Å². The Balaban J connectivity index is 2.13. The van der Waals surface area contributed by atoms with Gasteiger partial charge >= 0.3 is 0 Å². The number of aliphatic hydroxyl groups excluding tert-OH is 1. The maximum atomic E-state index is 12.6. The number of carbonyl (C=O) groups is 1. The van der Waals surface area contributed by atoms with Crippen molar-refractivity contribution in [2.75, 3.05) is 20.3 Å². The summed E-state index contributed by atoms with van der Waals surface area (Å²) >= 11 is 1.70. The van der Waals surface area contributed by atoms with Crippen LogP contribution in [0, 0.1) is 5.92 Å². The molecule has 1 aromatic rings. The summed E-state index contributed by atoms with van der Waals surface area (Å²) in [6.45, 7) is 4.59. The molecule has 0 aromatic carbocycles. The predicted octanol–water partition coefficient (Wildman–Crippen LogP) is 2.39. The van der Waals surface area contributed by atoms with Crippen molar-refractivity contribution in [1.29, 1.82) is 0 Å². The van der Waals surface area contributed by atoms with Crippen molar-refractivity contribution in [1.82, 2.24) is 5.32 Å². The Morgan fingerprint density at radius 2 is 2.38 bits per heavy atom. The summed E-state index contributed by atoms with van der Waals surface area (Å²) in [6.07, 6.45) is 3.70. The van der Waals surface area contributed by atoms with Crippen molar-refractivity contribution in [3.05, 3.63) is 21.4 Å². The highest BCUT2D eigenvalue weighted by molar-refractivity contribution is 7.10. The van der Waals surface area contributed by atoms with Gasteiger partial charge in [-0.1, -0.05) is 6.92 Å². The van der Waals surface area contributed by atoms with Crippen LogP contribution in [0.25, 0.3) is 0 Å². The molecule has 0 fully saturated rings. The molecular weight excluding hydrogens is 286 g/mol. The van der Waals surface area contributed by atoms with Crippen molar-refractivity contribution in [2.45, 2.75) is 45.1 Å². The van der Waals surface area contributed by atoms with Gasteiger partial charge in [-0.25, -0.2) is 0 Å². The Morgan fingerprint density at radius 1 is 1.62 bits per heavy atom. The minimum absolute atomic E-state index is 0.0272. The Bertz CT molecular complexity index is 492. The van der Waals surface area contributed by atoms with Crippen LogP contribution >= 0.6 is 11.3 Å². The highest BCUT2D eigenvalue weighted by atomic mass is 32.1. The van der Waals surface area contributed by atoms with Crippen LogP contribution in [-0.2, 0) is 17.6 Å². The monoisotopic (exact) mass is 311 g/mol. The molecule has 1 aliphatic carbocycles. The molecule has 2 N–H and O–H groups in total. The highest BCUT2D eigenvalue weighted by Crippen LogP contribution is 2.33. The van der Waals surface area contributed by atoms with E-state index < -0.39 is 5.54 Å². The molecule has 118 valence electrons. The number of nitrogens with one attached hydrogen (secondary N) is 1. The van der Waals surface area contributed by atoms with Gasteiger partial charge < -0.3 is 15.2 Å². The first-order valence-electron chi connectivity index (χ1n) is 7.50. The average molecular weight is 311 g/mol. The predicted molar refractivity (Wildman–Crippen MR) is 85.0 cm³/mol. The van der Waals surface area contributed by atoms with E-state index in [9.17, 15) is 9.90 Å². The van der Waals surface area contributed by atoms with E-state index in [0.717, 1.165) is 24.8 Å². The number of amides is 1. The van der Waals surface area contributed by atoms with Crippen LogP contribution in [0.15, 0.2) is 5.38 Å². The number of methoxy groups -OCH3 is 1. The van der Waals surface area contributed by atoms with Gasteiger partial charge in [0.15, 0.2) is 0 Å². The fourth-order valence-corrected chi connectivity index (χ4v) is 4.19. The largest absolute Gasteiger partial charge is 0.396 e. The van der Waals surface area contributed by atoms with E-state index in [0.29, 0.717) is 18.9 Å². The fourth-order valence-electron chi connectivity index (χ4n) is 2.95. The Kier molecular flexibility index (Phi) is 5.41. The number of ether oxygens (including phenoxy) is 1. The molecule has 4 nitrogen and oxygen atoms in total. The number of hydrogen-bond acceptors (Lipinski definition) is 4. The molecule has 0 saturated heterocycles. The molecule has 1 aliphatic rings. The SMILES string of the molecule is COCC(C)(CCO)NC(=O)c1csc2c1CCC(C)C2. The average Bonchev–Trinajstić information content (AvgIpc) is 2.81. The van der Waals surface area contributed by atoms with Gasteiger partial charge in [-0.15, -0.1) is 11.3 Å². The van der Waals surface area contributed by atoms with E-state index in [1.807, 2.05) is 12.3 Å². The van der Waals surface area contributed by atoms with Crippen molar-refractivity contribution in [3.63, 3.8) is 0 Å². The van der Waals surface area contributed by atoms with Crippen molar-refractivity contribution >= 4 is 17.2 Å². The number of thiophene rings is 1. The van der Waals surface area contributed by atoms with Crippen LogP contribution in [0.3, 0.4) is 0 Å². The first kappa shape index (κ1) is 16.5. The van der Waals surface area contributed by atoms with Crippen molar-refractivity contribution < 1.29 is 14.6 Å². The summed E-state index contributed by atoms with van der Waals surface area (Å²) in [6, 6.07) is 0. The fraction of sp³-hybridized carbons (Fsp3) is 0.688. The summed E-state index contributed by atoms with van der Waals surface area (Å²) in [5.74, 6) is 0.662. The lowest BCUT2D eigenvalue weighted by Crippen LogP contribution is -2.50. The summed E-state index contributed by atoms with van der Waals surface area (Å²) in [5.41, 5.74) is 1.50. The second-order valence-corrected chi connectivity index (χ2v) is 7.28. The topological polar surface area (TPSA) is 58.6 Å². The molecular formula is C16H25NO3S. The maximum Gasteiger partial charge on any atom is 0.252 e. The second kappa shape index (κ2) is 6.90. The van der Waals surface area contributed by atoms with Gasteiger partial charge in [0.05, 0.1) is 17.7 Å². The zero-order valence-corrected chi connectivity index (χ0v) is 13.9. The maximum absolute atomic E-state index is 12.6. The second-order valence-electron chi connectivity index (χ2n) is 6.32. The van der Waals surface area contributed by atoms with Crippen LogP contribution in [0.4, 0.5) is 0 Å². The molecule has 2 unspecified atom stereocenters. The zero-order chi connectivity index (χ0) is 15.5. The minimum atomic E-state index is -0.530. The van der Waals surface area contributed by atoms with Gasteiger partial charge in [0.1, 0.15) is 0 Å². The van der Waals surface area contributed by atoms with Gasteiger partial charge in [-0.3, -0.25) is 4.79 Å². The van der Waals surface area contributed by atoms with E-state index >= 15 is 0 Å². The lowest BCUT2D eigenvalue weighted by molar-refractivity contribution is 0.0725. The number of carbonyl (C=O) groups excluding carboxylic acids is 1. The molecule has 0 spiro atoms. The molecule has 5 heteroatoms. The summed E-state index contributed by atoms with van der Waals surface area (Å²) < 4.78 is 5.18. The third-order valence-corrected chi connectivity index (χ3v) is 5.24. The van der Waals surface area contributed by atoms with Crippen LogP contribution in [0.5, 0.6) is 0 Å². The summed E-state index contributed by atoms with van der Waals surface area (Å²) in [7, 11) is 1.61. The van der Waals surface area contributed by atoms with E-state index in [2.05, 4.69) is 12.2 Å². The summed E-state index contributed by atoms with van der Waals surface area (Å²) in [5, 5.41) is 14.2. The lowest BCUT2D eigenvalue weighted by Gasteiger charge is -2.29. The molecule has 0 saturated carbocycles. The number of hydrogen-bond donors (Lipinski definition) is 2. The van der Waals surface area contributed by atoms with Gasteiger partial charge in [-0.05, 0) is 44.1 Å². The van der Waals surface area contributed by atoms with E-state index in [4.69, 9.17) is 4.74 Å². The summed E-state index contributed by atoms with van der Waals surface area (Å²) in [4.78, 5) is 13.9. The van der Waals surface area contributed by atoms with E-state index in [1.54, 1.807) is 18.4 Å². The first-order chi connectivity index (χ1) is 9.99. The van der Waals surface area contributed by atoms with Gasteiger partial charge in [0.2, 0.25) is 0 Å². The molecule has 1 amide bonds. The van der Waals surface area contributed by atoms with Crippen LogP contribution in [-0.4, -0.2) is 36.9 Å². The lowest BCUT2D eigenvalue weighted by atomic mass is 9.88. The molecule has 0 aliphatic heterocycles. The Morgan fingerprint density at radius 3 is 3.05 bits per heavy atom. The molecule has 0 radical (unpaired) electrons. The smallest absolute Gasteiger partial charge is 0.252 e. The molecule has 21 heavy (non-hydrogen) atoms. The number of rotatable bonds is 6. The Hall–Kier alpha value is -0.910. The molecule has 1 heterocycles. The van der Waals surface area contributed by atoms with E-state index in [-0.39, 0.29) is 12.5 Å². The van der Waals surface area contributed by atoms with Crippen LogP contribution in [0.2, 0.25) is 0 Å². The third-order valence-electron chi connectivity index (χ3n) is 4.19. The highest BCUT2D eigenvalue weighted by Gasteiger charge is 2.29. The number of fused-ring (bicyclic) bond motifs is 1. The number of aliphatic hydroxyl groups is 1. The standard InChI is InChI=1S/C16H25NO3S/c1-11-4-5-12-13(9-21-14(12)8-11)15(19)17-16(2,6-7-18)10-20-3/h9,11,18H,4-8,10H2,1-3H3,(H,17,19). The van der Waals surface area contributed by atoms with E-state index in [1.165, 1.54) is 10.4 Å². The Labute approximate surface area is 130 Å². The molecule has 2 atom stereocenters. The molecule has 1 aromatic heterocycles. The van der Waals surface area contributed by atoms with Crippen LogP contribution in [0.1, 0.15) is 47.5 Å².